The minimum Gasteiger partial charge on any atom is -0.300 e. The molecule has 118 valence electrons. The van der Waals surface area contributed by atoms with Crippen molar-refractivity contribution in [1.29, 1.82) is 0 Å². The van der Waals surface area contributed by atoms with Crippen LogP contribution in [0.3, 0.4) is 0 Å². The highest BCUT2D eigenvalue weighted by Gasteiger charge is 2.29. The van der Waals surface area contributed by atoms with Gasteiger partial charge >= 0.3 is 0 Å². The highest BCUT2D eigenvalue weighted by Crippen LogP contribution is 2.23. The third kappa shape index (κ3) is 4.26. The zero-order valence-corrected chi connectivity index (χ0v) is 13.3. The van der Waals surface area contributed by atoms with Gasteiger partial charge in [0, 0.05) is 25.7 Å². The number of amides is 2. The third-order valence-corrected chi connectivity index (χ3v) is 3.80. The second kappa shape index (κ2) is 7.34. The molecular formula is C18H23NO3. The molecular weight excluding hydrogens is 278 g/mol. The van der Waals surface area contributed by atoms with Gasteiger partial charge in [-0.05, 0) is 36.5 Å². The van der Waals surface area contributed by atoms with Crippen LogP contribution in [0.4, 0.5) is 5.69 Å². The van der Waals surface area contributed by atoms with Crippen molar-refractivity contribution in [3.05, 3.63) is 29.8 Å². The first-order valence-corrected chi connectivity index (χ1v) is 7.94. The zero-order valence-electron chi connectivity index (χ0n) is 13.3. The van der Waals surface area contributed by atoms with Gasteiger partial charge in [0.25, 0.3) is 0 Å². The molecule has 1 aromatic carbocycles. The predicted octanol–water partition coefficient (Wildman–Crippen LogP) is 3.28. The molecule has 1 heterocycles. The Bertz CT molecular complexity index is 544. The van der Waals surface area contributed by atoms with E-state index in [1.54, 1.807) is 0 Å². The molecule has 1 aliphatic heterocycles. The summed E-state index contributed by atoms with van der Waals surface area (Å²) in [5.41, 5.74) is 1.77. The fraction of sp³-hybridized carbons (Fsp3) is 0.500. The van der Waals surface area contributed by atoms with E-state index in [-0.39, 0.29) is 11.8 Å². The number of hydrogen-bond acceptors (Lipinski definition) is 3. The van der Waals surface area contributed by atoms with Crippen LogP contribution in [0.25, 0.3) is 0 Å². The smallest absolute Gasteiger partial charge is 0.234 e. The molecule has 1 saturated heterocycles. The van der Waals surface area contributed by atoms with Crippen molar-refractivity contribution in [1.82, 2.24) is 0 Å². The Morgan fingerprint density at radius 2 is 1.68 bits per heavy atom. The predicted molar refractivity (Wildman–Crippen MR) is 85.6 cm³/mol. The number of carbonyl (C=O) groups excluding carboxylic acids is 3. The maximum atomic E-state index is 11.7. The lowest BCUT2D eigenvalue weighted by atomic mass is 10.0. The van der Waals surface area contributed by atoms with Crippen LogP contribution >= 0.6 is 0 Å². The fourth-order valence-electron chi connectivity index (χ4n) is 2.72. The number of carbonyl (C=O) groups is 3. The summed E-state index contributed by atoms with van der Waals surface area (Å²) in [5.74, 6) is 0.483. The Morgan fingerprint density at radius 1 is 1.09 bits per heavy atom. The van der Waals surface area contributed by atoms with E-state index < -0.39 is 0 Å². The van der Waals surface area contributed by atoms with Gasteiger partial charge in [0.05, 0.1) is 5.69 Å². The van der Waals surface area contributed by atoms with Gasteiger partial charge in [0.15, 0.2) is 0 Å². The zero-order chi connectivity index (χ0) is 16.1. The number of aryl methyl sites for hydroxylation is 1. The van der Waals surface area contributed by atoms with Crippen LogP contribution in [0.15, 0.2) is 24.3 Å². The van der Waals surface area contributed by atoms with Crippen molar-refractivity contribution in [2.75, 3.05) is 4.90 Å². The summed E-state index contributed by atoms with van der Waals surface area (Å²) in [6.45, 7) is 4.11. The number of ketones is 1. The normalized spacial score (nSPS) is 15.0. The molecule has 0 N–H and O–H groups in total. The molecule has 0 unspecified atom stereocenters. The second-order valence-corrected chi connectivity index (χ2v) is 6.28. The van der Waals surface area contributed by atoms with E-state index >= 15 is 0 Å². The highest BCUT2D eigenvalue weighted by atomic mass is 16.2. The van der Waals surface area contributed by atoms with Crippen LogP contribution in [0.1, 0.15) is 51.5 Å². The van der Waals surface area contributed by atoms with Crippen molar-refractivity contribution in [3.63, 3.8) is 0 Å². The molecule has 1 aliphatic rings. The summed E-state index contributed by atoms with van der Waals surface area (Å²) < 4.78 is 0. The molecule has 0 radical (unpaired) electrons. The van der Waals surface area contributed by atoms with Crippen molar-refractivity contribution in [2.45, 2.75) is 52.4 Å². The van der Waals surface area contributed by atoms with Gasteiger partial charge in [-0.1, -0.05) is 26.0 Å². The van der Waals surface area contributed by atoms with Gasteiger partial charge in [0.2, 0.25) is 11.8 Å². The maximum Gasteiger partial charge on any atom is 0.234 e. The Hall–Kier alpha value is -1.97. The van der Waals surface area contributed by atoms with Crippen molar-refractivity contribution in [2.24, 2.45) is 5.92 Å². The molecule has 0 saturated carbocycles. The number of benzene rings is 1. The quantitative estimate of drug-likeness (QED) is 0.726. The Morgan fingerprint density at radius 3 is 2.23 bits per heavy atom. The molecule has 4 heteroatoms. The van der Waals surface area contributed by atoms with E-state index in [1.807, 2.05) is 24.3 Å². The lowest BCUT2D eigenvalue weighted by Crippen LogP contribution is -2.28. The van der Waals surface area contributed by atoms with Gasteiger partial charge in [-0.3, -0.25) is 19.3 Å². The van der Waals surface area contributed by atoms with Crippen molar-refractivity contribution < 1.29 is 14.4 Å². The molecule has 0 aliphatic carbocycles. The van der Waals surface area contributed by atoms with Crippen LogP contribution < -0.4 is 4.90 Å². The standard InChI is InChI=1S/C18H23NO3/c1-13(2)12-16(20)5-3-4-14-6-8-15(9-7-14)19-17(21)10-11-18(19)22/h6-9,13H,3-5,10-12H2,1-2H3. The Balaban J connectivity index is 1.86. The average Bonchev–Trinajstić information content (AvgIpc) is 2.78. The number of anilines is 1. The van der Waals surface area contributed by atoms with Crippen LogP contribution in [0, 0.1) is 5.92 Å². The van der Waals surface area contributed by atoms with Gasteiger partial charge in [0.1, 0.15) is 5.78 Å². The molecule has 2 rings (SSSR count). The summed E-state index contributed by atoms with van der Waals surface area (Å²) in [6, 6.07) is 7.49. The Kier molecular flexibility index (Phi) is 5.47. The van der Waals surface area contributed by atoms with E-state index in [0.29, 0.717) is 43.1 Å². The number of hydrogen-bond donors (Lipinski definition) is 0. The molecule has 2 amide bonds. The van der Waals surface area contributed by atoms with Crippen LogP contribution in [-0.2, 0) is 20.8 Å². The SMILES string of the molecule is CC(C)CC(=O)CCCc1ccc(N2C(=O)CCC2=O)cc1. The minimum atomic E-state index is -0.128. The lowest BCUT2D eigenvalue weighted by molar-refractivity contribution is -0.121. The first-order chi connectivity index (χ1) is 10.5. The van der Waals surface area contributed by atoms with Crippen LogP contribution in [-0.4, -0.2) is 17.6 Å². The number of nitrogens with zero attached hydrogens (tertiary/aromatic N) is 1. The van der Waals surface area contributed by atoms with E-state index in [1.165, 1.54) is 4.90 Å². The average molecular weight is 301 g/mol. The molecule has 0 bridgehead atoms. The van der Waals surface area contributed by atoms with Gasteiger partial charge < -0.3 is 0 Å². The molecule has 1 fully saturated rings. The molecule has 0 aromatic heterocycles. The summed E-state index contributed by atoms with van der Waals surface area (Å²) in [6.07, 6.45) is 3.55. The largest absolute Gasteiger partial charge is 0.300 e. The monoisotopic (exact) mass is 301 g/mol. The van der Waals surface area contributed by atoms with Gasteiger partial charge in [-0.15, -0.1) is 0 Å². The van der Waals surface area contributed by atoms with E-state index in [9.17, 15) is 14.4 Å². The first kappa shape index (κ1) is 16.4. The number of imide groups is 1. The molecule has 4 nitrogen and oxygen atoms in total. The third-order valence-electron chi connectivity index (χ3n) is 3.80. The first-order valence-electron chi connectivity index (χ1n) is 7.94. The van der Waals surface area contributed by atoms with Gasteiger partial charge in [-0.2, -0.15) is 0 Å². The highest BCUT2D eigenvalue weighted by molar-refractivity contribution is 6.19. The maximum absolute atomic E-state index is 11.7. The van der Waals surface area contributed by atoms with E-state index in [4.69, 9.17) is 0 Å². The molecule has 22 heavy (non-hydrogen) atoms. The topological polar surface area (TPSA) is 54.5 Å². The van der Waals surface area contributed by atoms with Crippen molar-refractivity contribution >= 4 is 23.3 Å². The summed E-state index contributed by atoms with van der Waals surface area (Å²) in [7, 11) is 0. The number of rotatable bonds is 7. The minimum absolute atomic E-state index is 0.128. The summed E-state index contributed by atoms with van der Waals surface area (Å²) in [5, 5.41) is 0. The second-order valence-electron chi connectivity index (χ2n) is 6.28. The van der Waals surface area contributed by atoms with E-state index in [2.05, 4.69) is 13.8 Å². The number of Topliss-reactive ketones (excluding diaryl/α,β-unsaturated/α-hetero) is 1. The Labute approximate surface area is 131 Å². The van der Waals surface area contributed by atoms with Crippen molar-refractivity contribution in [3.8, 4) is 0 Å². The summed E-state index contributed by atoms with van der Waals surface area (Å²) >= 11 is 0. The van der Waals surface area contributed by atoms with Crippen LogP contribution in [0.2, 0.25) is 0 Å². The molecule has 0 atom stereocenters. The van der Waals surface area contributed by atoms with Crippen LogP contribution in [0.5, 0.6) is 0 Å². The lowest BCUT2D eigenvalue weighted by Gasteiger charge is -2.14. The fourth-order valence-corrected chi connectivity index (χ4v) is 2.72. The molecule has 1 aromatic rings. The van der Waals surface area contributed by atoms with E-state index in [0.717, 1.165) is 18.4 Å². The van der Waals surface area contributed by atoms with Gasteiger partial charge in [-0.25, -0.2) is 0 Å². The summed E-state index contributed by atoms with van der Waals surface area (Å²) in [4.78, 5) is 36.3. The molecule has 0 spiro atoms.